The lowest BCUT2D eigenvalue weighted by molar-refractivity contribution is 0.110. The first-order valence-electron chi connectivity index (χ1n) is 7.36. The normalized spacial score (nSPS) is 20.4. The molecule has 0 aromatic heterocycles. The first kappa shape index (κ1) is 14.4. The Labute approximate surface area is 116 Å². The molecular formula is C16H25NO2. The van der Waals surface area contributed by atoms with E-state index in [9.17, 15) is 0 Å². The molecule has 1 aliphatic heterocycles. The molecule has 0 saturated carbocycles. The van der Waals surface area contributed by atoms with Gasteiger partial charge in [-0.05, 0) is 43.9 Å². The summed E-state index contributed by atoms with van der Waals surface area (Å²) in [5.41, 5.74) is 1.29. The molecule has 3 heteroatoms. The molecule has 0 aliphatic carbocycles. The Balaban J connectivity index is 1.71. The number of benzene rings is 1. The van der Waals surface area contributed by atoms with E-state index < -0.39 is 0 Å². The van der Waals surface area contributed by atoms with Gasteiger partial charge in [0.1, 0.15) is 5.75 Å². The fourth-order valence-electron chi connectivity index (χ4n) is 2.18. The largest absolute Gasteiger partial charge is 0.491 e. The van der Waals surface area contributed by atoms with Crippen LogP contribution in [0.5, 0.6) is 5.75 Å². The highest BCUT2D eigenvalue weighted by atomic mass is 16.5. The molecule has 3 nitrogen and oxygen atoms in total. The Bertz CT molecular complexity index is 358. The molecule has 2 rings (SSSR count). The number of rotatable bonds is 7. The standard InChI is InChI=1S/C16H25NO2/c1-3-13(2)19-15-8-6-14(7-9-15)11-17-12-16-5-4-10-18-16/h6-9,13,16-17H,3-5,10-12H2,1-2H3/t13-,16+/m1/s1. The van der Waals surface area contributed by atoms with Crippen LogP contribution in [0.1, 0.15) is 38.7 Å². The summed E-state index contributed by atoms with van der Waals surface area (Å²) in [6.07, 6.45) is 4.12. The smallest absolute Gasteiger partial charge is 0.119 e. The first-order chi connectivity index (χ1) is 9.28. The second-order valence-electron chi connectivity index (χ2n) is 5.25. The SMILES string of the molecule is CC[C@@H](C)Oc1ccc(CNC[C@@H]2CCCO2)cc1. The minimum atomic E-state index is 0.281. The van der Waals surface area contributed by atoms with Gasteiger partial charge in [-0.25, -0.2) is 0 Å². The predicted octanol–water partition coefficient (Wildman–Crippen LogP) is 3.13. The van der Waals surface area contributed by atoms with Gasteiger partial charge in [-0.2, -0.15) is 0 Å². The third kappa shape index (κ3) is 4.84. The third-order valence-electron chi connectivity index (χ3n) is 3.56. The summed E-state index contributed by atoms with van der Waals surface area (Å²) in [5, 5.41) is 3.45. The predicted molar refractivity (Wildman–Crippen MR) is 77.5 cm³/mol. The van der Waals surface area contributed by atoms with Gasteiger partial charge in [-0.15, -0.1) is 0 Å². The Morgan fingerprint density at radius 2 is 2.16 bits per heavy atom. The average Bonchev–Trinajstić information content (AvgIpc) is 2.94. The zero-order valence-corrected chi connectivity index (χ0v) is 12.0. The summed E-state index contributed by atoms with van der Waals surface area (Å²) in [7, 11) is 0. The first-order valence-corrected chi connectivity index (χ1v) is 7.36. The van der Waals surface area contributed by atoms with E-state index in [0.29, 0.717) is 6.10 Å². The maximum absolute atomic E-state index is 5.76. The van der Waals surface area contributed by atoms with Gasteiger partial charge in [0.25, 0.3) is 0 Å². The van der Waals surface area contributed by atoms with Crippen molar-refractivity contribution >= 4 is 0 Å². The van der Waals surface area contributed by atoms with Crippen LogP contribution in [-0.2, 0) is 11.3 Å². The van der Waals surface area contributed by atoms with E-state index in [1.165, 1.54) is 18.4 Å². The zero-order chi connectivity index (χ0) is 13.5. The molecule has 1 saturated heterocycles. The number of hydrogen-bond acceptors (Lipinski definition) is 3. The van der Waals surface area contributed by atoms with Crippen LogP contribution in [0.25, 0.3) is 0 Å². The lowest BCUT2D eigenvalue weighted by atomic mass is 10.2. The van der Waals surface area contributed by atoms with Gasteiger partial charge in [0.2, 0.25) is 0 Å². The second-order valence-corrected chi connectivity index (χ2v) is 5.25. The second kappa shape index (κ2) is 7.51. The fraction of sp³-hybridized carbons (Fsp3) is 0.625. The van der Waals surface area contributed by atoms with Crippen LogP contribution in [0.4, 0.5) is 0 Å². The summed E-state index contributed by atoms with van der Waals surface area (Å²) in [6, 6.07) is 8.35. The highest BCUT2D eigenvalue weighted by Gasteiger charge is 2.14. The highest BCUT2D eigenvalue weighted by Crippen LogP contribution is 2.15. The van der Waals surface area contributed by atoms with Crippen molar-refractivity contribution in [3.63, 3.8) is 0 Å². The summed E-state index contributed by atoms with van der Waals surface area (Å²) < 4.78 is 11.3. The van der Waals surface area contributed by atoms with Gasteiger partial charge in [0.05, 0.1) is 12.2 Å². The third-order valence-corrected chi connectivity index (χ3v) is 3.56. The molecule has 1 aromatic carbocycles. The van der Waals surface area contributed by atoms with Crippen LogP contribution in [0, 0.1) is 0 Å². The fourth-order valence-corrected chi connectivity index (χ4v) is 2.18. The number of hydrogen-bond donors (Lipinski definition) is 1. The van der Waals surface area contributed by atoms with Crippen LogP contribution in [0.3, 0.4) is 0 Å². The van der Waals surface area contributed by atoms with Crippen molar-refractivity contribution < 1.29 is 9.47 Å². The molecule has 1 heterocycles. The van der Waals surface area contributed by atoms with Gasteiger partial charge in [-0.3, -0.25) is 0 Å². The summed E-state index contributed by atoms with van der Waals surface area (Å²) in [5.74, 6) is 0.956. The van der Waals surface area contributed by atoms with E-state index in [1.807, 2.05) is 0 Å². The molecule has 1 aliphatic rings. The zero-order valence-electron chi connectivity index (χ0n) is 12.0. The quantitative estimate of drug-likeness (QED) is 0.820. The molecule has 1 fully saturated rings. The van der Waals surface area contributed by atoms with E-state index in [2.05, 4.69) is 43.4 Å². The molecule has 0 bridgehead atoms. The minimum absolute atomic E-state index is 0.281. The Morgan fingerprint density at radius 3 is 2.79 bits per heavy atom. The molecule has 0 radical (unpaired) electrons. The Kier molecular flexibility index (Phi) is 5.67. The van der Waals surface area contributed by atoms with Crippen LogP contribution in [-0.4, -0.2) is 25.4 Å². The topological polar surface area (TPSA) is 30.5 Å². The van der Waals surface area contributed by atoms with Crippen molar-refractivity contribution in [3.8, 4) is 5.75 Å². The van der Waals surface area contributed by atoms with Gasteiger partial charge in [0, 0.05) is 19.7 Å². The van der Waals surface area contributed by atoms with Crippen LogP contribution in [0.2, 0.25) is 0 Å². The van der Waals surface area contributed by atoms with Crippen LogP contribution < -0.4 is 10.1 Å². The van der Waals surface area contributed by atoms with Crippen molar-refractivity contribution in [2.75, 3.05) is 13.2 Å². The van der Waals surface area contributed by atoms with Crippen molar-refractivity contribution in [3.05, 3.63) is 29.8 Å². The summed E-state index contributed by atoms with van der Waals surface area (Å²) in [4.78, 5) is 0. The average molecular weight is 263 g/mol. The molecule has 106 valence electrons. The minimum Gasteiger partial charge on any atom is -0.491 e. The van der Waals surface area contributed by atoms with Crippen molar-refractivity contribution in [1.29, 1.82) is 0 Å². The van der Waals surface area contributed by atoms with Gasteiger partial charge in [0.15, 0.2) is 0 Å². The number of ether oxygens (including phenoxy) is 2. The molecule has 0 amide bonds. The summed E-state index contributed by atoms with van der Waals surface area (Å²) >= 11 is 0. The number of nitrogens with one attached hydrogen (secondary N) is 1. The van der Waals surface area contributed by atoms with Crippen molar-refractivity contribution in [2.45, 2.75) is 51.9 Å². The van der Waals surface area contributed by atoms with Gasteiger partial charge < -0.3 is 14.8 Å². The van der Waals surface area contributed by atoms with E-state index in [4.69, 9.17) is 9.47 Å². The van der Waals surface area contributed by atoms with Crippen molar-refractivity contribution in [1.82, 2.24) is 5.32 Å². The molecule has 0 spiro atoms. The van der Waals surface area contributed by atoms with E-state index in [1.54, 1.807) is 0 Å². The lowest BCUT2D eigenvalue weighted by Crippen LogP contribution is -2.25. The molecule has 1 N–H and O–H groups in total. The Hall–Kier alpha value is -1.06. The lowest BCUT2D eigenvalue weighted by Gasteiger charge is -2.13. The Morgan fingerprint density at radius 1 is 1.37 bits per heavy atom. The van der Waals surface area contributed by atoms with E-state index >= 15 is 0 Å². The molecule has 1 aromatic rings. The highest BCUT2D eigenvalue weighted by molar-refractivity contribution is 5.27. The van der Waals surface area contributed by atoms with E-state index in [0.717, 1.165) is 31.9 Å². The van der Waals surface area contributed by atoms with Gasteiger partial charge in [-0.1, -0.05) is 19.1 Å². The maximum atomic E-state index is 5.76. The molecular weight excluding hydrogens is 238 g/mol. The van der Waals surface area contributed by atoms with Crippen molar-refractivity contribution in [2.24, 2.45) is 0 Å². The maximum Gasteiger partial charge on any atom is 0.119 e. The van der Waals surface area contributed by atoms with Gasteiger partial charge >= 0.3 is 0 Å². The molecule has 19 heavy (non-hydrogen) atoms. The monoisotopic (exact) mass is 263 g/mol. The van der Waals surface area contributed by atoms with E-state index in [-0.39, 0.29) is 6.10 Å². The molecule has 2 atom stereocenters. The van der Waals surface area contributed by atoms with Crippen LogP contribution >= 0.6 is 0 Å². The summed E-state index contributed by atoms with van der Waals surface area (Å²) in [6.45, 7) is 6.99. The molecule has 0 unspecified atom stereocenters. The van der Waals surface area contributed by atoms with Crippen LogP contribution in [0.15, 0.2) is 24.3 Å².